The fourth-order valence-corrected chi connectivity index (χ4v) is 3.91. The minimum absolute atomic E-state index is 0.388. The first-order valence-electron chi connectivity index (χ1n) is 10.6. The lowest BCUT2D eigenvalue weighted by molar-refractivity contribution is -0.00148. The van der Waals surface area contributed by atoms with E-state index in [1.54, 1.807) is 7.11 Å². The largest absolute Gasteiger partial charge is 0.384 e. The first kappa shape index (κ1) is 21.0. The van der Waals surface area contributed by atoms with Crippen LogP contribution in [0.25, 0.3) is 0 Å². The Morgan fingerprint density at radius 3 is 1.58 bits per heavy atom. The maximum atomic E-state index is 6.84. The van der Waals surface area contributed by atoms with Crippen LogP contribution in [-0.2, 0) is 28.1 Å². The molecule has 3 aromatic carbocycles. The number of aromatic nitrogens is 1. The fraction of sp³-hybridized carbons (Fsp3) is 0.179. The molecule has 0 bridgehead atoms. The number of ether oxygens (including phenoxy) is 2. The molecule has 4 aromatic rings. The number of nitrogens with zero attached hydrogens (tertiary/aromatic N) is 1. The molecule has 3 nitrogen and oxygen atoms in total. The molecule has 0 aliphatic rings. The van der Waals surface area contributed by atoms with E-state index in [0.717, 1.165) is 34.5 Å². The van der Waals surface area contributed by atoms with Gasteiger partial charge in [-0.3, -0.25) is 4.98 Å². The number of rotatable bonds is 9. The zero-order chi connectivity index (χ0) is 21.4. The van der Waals surface area contributed by atoms with Crippen molar-refractivity contribution in [2.24, 2.45) is 0 Å². The van der Waals surface area contributed by atoms with Crippen LogP contribution in [0.5, 0.6) is 0 Å². The number of hydrogen-bond acceptors (Lipinski definition) is 3. The zero-order valence-electron chi connectivity index (χ0n) is 17.8. The summed E-state index contributed by atoms with van der Waals surface area (Å²) in [6, 6.07) is 37.3. The summed E-state index contributed by atoms with van der Waals surface area (Å²) in [6.07, 6.45) is 0.783. The van der Waals surface area contributed by atoms with E-state index in [0.29, 0.717) is 13.2 Å². The molecule has 0 N–H and O–H groups in total. The Morgan fingerprint density at radius 2 is 1.10 bits per heavy atom. The second-order valence-corrected chi connectivity index (χ2v) is 7.43. The average molecular weight is 410 g/mol. The SMILES string of the molecule is COCCc1cccc(COC(c2ccccc2)(c2ccccc2)c2ccccc2)n1. The Labute approximate surface area is 184 Å². The van der Waals surface area contributed by atoms with Crippen LogP contribution < -0.4 is 0 Å². The van der Waals surface area contributed by atoms with Crippen molar-refractivity contribution in [3.8, 4) is 0 Å². The molecule has 3 heteroatoms. The standard InChI is InChI=1S/C28H27NO2/c1-30-21-20-26-18-11-19-27(29-26)22-31-28(23-12-5-2-6-13-23,24-14-7-3-8-15-24)25-16-9-4-10-17-25/h2-19H,20-22H2,1H3. The Kier molecular flexibility index (Phi) is 6.88. The van der Waals surface area contributed by atoms with E-state index >= 15 is 0 Å². The Hall–Kier alpha value is -3.27. The van der Waals surface area contributed by atoms with E-state index in [9.17, 15) is 0 Å². The molecule has 0 amide bonds. The van der Waals surface area contributed by atoms with E-state index in [2.05, 4.69) is 72.8 Å². The molecule has 1 aromatic heterocycles. The smallest absolute Gasteiger partial charge is 0.144 e. The van der Waals surface area contributed by atoms with Crippen LogP contribution in [0.15, 0.2) is 109 Å². The predicted molar refractivity (Wildman–Crippen MR) is 124 cm³/mol. The summed E-state index contributed by atoms with van der Waals surface area (Å²) in [6.45, 7) is 1.04. The Morgan fingerprint density at radius 1 is 0.613 bits per heavy atom. The van der Waals surface area contributed by atoms with Crippen molar-refractivity contribution in [2.75, 3.05) is 13.7 Å². The molecule has 0 unspecified atom stereocenters. The van der Waals surface area contributed by atoms with Gasteiger partial charge in [0.1, 0.15) is 5.60 Å². The molecule has 0 fully saturated rings. The number of methoxy groups -OCH3 is 1. The predicted octanol–water partition coefficient (Wildman–Crippen LogP) is 5.78. The second-order valence-electron chi connectivity index (χ2n) is 7.43. The monoisotopic (exact) mass is 409 g/mol. The summed E-state index contributed by atoms with van der Waals surface area (Å²) < 4.78 is 12.0. The Balaban J connectivity index is 1.78. The van der Waals surface area contributed by atoms with Gasteiger partial charge >= 0.3 is 0 Å². The van der Waals surface area contributed by atoms with E-state index < -0.39 is 5.60 Å². The van der Waals surface area contributed by atoms with Gasteiger partial charge in [0.05, 0.1) is 18.9 Å². The zero-order valence-corrected chi connectivity index (χ0v) is 17.8. The summed E-state index contributed by atoms with van der Waals surface area (Å²) in [5, 5.41) is 0. The fourth-order valence-electron chi connectivity index (χ4n) is 3.91. The van der Waals surface area contributed by atoms with Gasteiger partial charge in [-0.05, 0) is 28.8 Å². The molecule has 1 heterocycles. The van der Waals surface area contributed by atoms with Crippen molar-refractivity contribution in [2.45, 2.75) is 18.6 Å². The number of hydrogen-bond donors (Lipinski definition) is 0. The van der Waals surface area contributed by atoms with Gasteiger partial charge in [-0.25, -0.2) is 0 Å². The van der Waals surface area contributed by atoms with E-state index in [-0.39, 0.29) is 0 Å². The minimum atomic E-state index is -0.742. The molecule has 0 saturated heterocycles. The highest BCUT2D eigenvalue weighted by Gasteiger charge is 2.37. The summed E-state index contributed by atoms with van der Waals surface area (Å²) in [4.78, 5) is 4.79. The topological polar surface area (TPSA) is 31.4 Å². The van der Waals surface area contributed by atoms with E-state index in [1.165, 1.54) is 0 Å². The third-order valence-corrected chi connectivity index (χ3v) is 5.40. The molecular formula is C28H27NO2. The highest BCUT2D eigenvalue weighted by atomic mass is 16.5. The molecule has 4 rings (SSSR count). The molecule has 0 saturated carbocycles. The molecule has 0 aliphatic carbocycles. The average Bonchev–Trinajstić information content (AvgIpc) is 2.85. The number of pyridine rings is 1. The number of benzene rings is 3. The maximum Gasteiger partial charge on any atom is 0.144 e. The van der Waals surface area contributed by atoms with Crippen LogP contribution in [0.4, 0.5) is 0 Å². The quantitative estimate of drug-likeness (QED) is 0.328. The van der Waals surface area contributed by atoms with E-state index in [1.807, 2.05) is 36.4 Å². The molecule has 0 atom stereocenters. The lowest BCUT2D eigenvalue weighted by Gasteiger charge is -2.36. The van der Waals surface area contributed by atoms with Crippen LogP contribution in [-0.4, -0.2) is 18.7 Å². The van der Waals surface area contributed by atoms with Crippen LogP contribution in [0.3, 0.4) is 0 Å². The van der Waals surface area contributed by atoms with Crippen molar-refractivity contribution < 1.29 is 9.47 Å². The van der Waals surface area contributed by atoms with E-state index in [4.69, 9.17) is 14.5 Å². The Bertz CT molecular complexity index is 969. The summed E-state index contributed by atoms with van der Waals surface area (Å²) >= 11 is 0. The molecule has 0 spiro atoms. The van der Waals surface area contributed by atoms with Crippen molar-refractivity contribution in [1.29, 1.82) is 0 Å². The molecule has 0 aliphatic heterocycles. The van der Waals surface area contributed by atoms with Crippen molar-refractivity contribution in [3.63, 3.8) is 0 Å². The van der Waals surface area contributed by atoms with Gasteiger partial charge in [-0.15, -0.1) is 0 Å². The molecular weight excluding hydrogens is 382 g/mol. The molecule has 0 radical (unpaired) electrons. The third-order valence-electron chi connectivity index (χ3n) is 5.40. The summed E-state index contributed by atoms with van der Waals surface area (Å²) in [5.41, 5.74) is 4.43. The lowest BCUT2D eigenvalue weighted by Crippen LogP contribution is -2.33. The van der Waals surface area contributed by atoms with Crippen LogP contribution in [0.1, 0.15) is 28.1 Å². The summed E-state index contributed by atoms with van der Waals surface area (Å²) in [5.74, 6) is 0. The highest BCUT2D eigenvalue weighted by Crippen LogP contribution is 2.40. The third kappa shape index (κ3) is 4.74. The van der Waals surface area contributed by atoms with Crippen LogP contribution in [0, 0.1) is 0 Å². The molecule has 156 valence electrons. The van der Waals surface area contributed by atoms with Crippen molar-refractivity contribution >= 4 is 0 Å². The van der Waals surface area contributed by atoms with Gasteiger partial charge < -0.3 is 9.47 Å². The van der Waals surface area contributed by atoms with Gasteiger partial charge in [0.2, 0.25) is 0 Å². The summed E-state index contributed by atoms with van der Waals surface area (Å²) in [7, 11) is 1.71. The van der Waals surface area contributed by atoms with Crippen LogP contribution in [0.2, 0.25) is 0 Å². The normalized spacial score (nSPS) is 11.4. The maximum absolute atomic E-state index is 6.84. The van der Waals surface area contributed by atoms with Crippen LogP contribution >= 0.6 is 0 Å². The highest BCUT2D eigenvalue weighted by molar-refractivity contribution is 5.47. The van der Waals surface area contributed by atoms with Gasteiger partial charge in [-0.2, -0.15) is 0 Å². The van der Waals surface area contributed by atoms with Gasteiger partial charge in [0.25, 0.3) is 0 Å². The first-order chi connectivity index (χ1) is 15.3. The minimum Gasteiger partial charge on any atom is -0.384 e. The van der Waals surface area contributed by atoms with Gasteiger partial charge in [-0.1, -0.05) is 97.1 Å². The van der Waals surface area contributed by atoms with Gasteiger partial charge in [0, 0.05) is 19.2 Å². The van der Waals surface area contributed by atoms with Crippen molar-refractivity contribution in [1.82, 2.24) is 4.98 Å². The first-order valence-corrected chi connectivity index (χ1v) is 10.6. The second kappa shape index (κ2) is 10.2. The lowest BCUT2D eigenvalue weighted by atomic mass is 9.80. The molecule has 31 heavy (non-hydrogen) atoms. The van der Waals surface area contributed by atoms with Gasteiger partial charge in [0.15, 0.2) is 0 Å². The van der Waals surface area contributed by atoms with Crippen molar-refractivity contribution in [3.05, 3.63) is 137 Å².